The van der Waals surface area contributed by atoms with Crippen molar-refractivity contribution in [1.82, 2.24) is 0 Å². The summed E-state index contributed by atoms with van der Waals surface area (Å²) >= 11 is 0. The quantitative estimate of drug-likeness (QED) is 0.521. The standard InChI is InChI=1S/C26H28N2O4S/c1-2-3-9-20-14-16-22(17-15-20)27-26(29)25-18-28(23-12-7-8-13-24(23)32-25)33(30,31)19-21-10-5-4-6-11-21/h4-8,10-17,25H,2-3,9,18-19H2,1H3,(H,27,29)/t25-/m0/s1. The van der Waals surface area contributed by atoms with Gasteiger partial charge < -0.3 is 10.1 Å². The summed E-state index contributed by atoms with van der Waals surface area (Å²) in [6.07, 6.45) is 2.28. The predicted molar refractivity (Wildman–Crippen MR) is 131 cm³/mol. The summed E-state index contributed by atoms with van der Waals surface area (Å²) in [6, 6.07) is 23.6. The predicted octanol–water partition coefficient (Wildman–Crippen LogP) is 4.77. The molecule has 0 fully saturated rings. The molecule has 3 aromatic rings. The molecule has 6 nitrogen and oxygen atoms in total. The molecule has 4 rings (SSSR count). The highest BCUT2D eigenvalue weighted by atomic mass is 32.2. The van der Waals surface area contributed by atoms with Crippen LogP contribution in [-0.4, -0.2) is 27.0 Å². The van der Waals surface area contributed by atoms with Gasteiger partial charge in [0.15, 0.2) is 6.10 Å². The lowest BCUT2D eigenvalue weighted by Gasteiger charge is -2.34. The molecule has 7 heteroatoms. The van der Waals surface area contributed by atoms with E-state index in [0.717, 1.165) is 19.3 Å². The Bertz CT molecular complexity index is 1190. The van der Waals surface area contributed by atoms with Gasteiger partial charge in [0.05, 0.1) is 18.0 Å². The SMILES string of the molecule is CCCCc1ccc(NC(=O)[C@@H]2CN(S(=O)(=O)Cc3ccccc3)c3ccccc3O2)cc1. The van der Waals surface area contributed by atoms with Gasteiger partial charge in [-0.05, 0) is 48.2 Å². The summed E-state index contributed by atoms with van der Waals surface area (Å²) in [7, 11) is -3.73. The van der Waals surface area contributed by atoms with Gasteiger partial charge >= 0.3 is 0 Å². The van der Waals surface area contributed by atoms with Crippen molar-refractivity contribution in [2.24, 2.45) is 0 Å². The number of carbonyl (C=O) groups is 1. The molecule has 0 aliphatic carbocycles. The van der Waals surface area contributed by atoms with E-state index in [0.29, 0.717) is 22.7 Å². The molecule has 0 spiro atoms. The summed E-state index contributed by atoms with van der Waals surface area (Å²) in [4.78, 5) is 13.0. The maximum atomic E-state index is 13.3. The Morgan fingerprint density at radius 2 is 1.67 bits per heavy atom. The molecule has 0 bridgehead atoms. The lowest BCUT2D eigenvalue weighted by Crippen LogP contribution is -2.49. The summed E-state index contributed by atoms with van der Waals surface area (Å²) in [5, 5.41) is 2.86. The van der Waals surface area contributed by atoms with E-state index in [9.17, 15) is 13.2 Å². The van der Waals surface area contributed by atoms with E-state index in [1.54, 1.807) is 36.4 Å². The number of benzene rings is 3. The molecule has 0 saturated heterocycles. The van der Waals surface area contributed by atoms with Gasteiger partial charge in [-0.25, -0.2) is 8.42 Å². The lowest BCUT2D eigenvalue weighted by molar-refractivity contribution is -0.122. The van der Waals surface area contributed by atoms with Crippen LogP contribution in [0.1, 0.15) is 30.9 Å². The number of nitrogens with zero attached hydrogens (tertiary/aromatic N) is 1. The number of aryl methyl sites for hydroxylation is 1. The number of hydrogen-bond acceptors (Lipinski definition) is 4. The average molecular weight is 465 g/mol. The minimum absolute atomic E-state index is 0.0907. The van der Waals surface area contributed by atoms with E-state index in [1.807, 2.05) is 42.5 Å². The molecule has 1 heterocycles. The highest BCUT2D eigenvalue weighted by molar-refractivity contribution is 7.92. The Hall–Kier alpha value is -3.32. The number of ether oxygens (including phenoxy) is 1. The number of unbranched alkanes of at least 4 members (excludes halogenated alkanes) is 1. The molecular weight excluding hydrogens is 436 g/mol. The highest BCUT2D eigenvalue weighted by Crippen LogP contribution is 2.36. The average Bonchev–Trinajstić information content (AvgIpc) is 2.83. The van der Waals surface area contributed by atoms with Crippen molar-refractivity contribution < 1.29 is 17.9 Å². The third-order valence-electron chi connectivity index (χ3n) is 5.60. The molecule has 0 aromatic heterocycles. The third kappa shape index (κ3) is 5.54. The first-order valence-corrected chi connectivity index (χ1v) is 12.8. The number of hydrogen-bond donors (Lipinski definition) is 1. The number of amides is 1. The first-order chi connectivity index (χ1) is 16.0. The monoisotopic (exact) mass is 464 g/mol. The van der Waals surface area contributed by atoms with Crippen molar-refractivity contribution in [3.8, 4) is 5.75 Å². The van der Waals surface area contributed by atoms with Crippen LogP contribution in [0.25, 0.3) is 0 Å². The van der Waals surface area contributed by atoms with E-state index >= 15 is 0 Å². The van der Waals surface area contributed by atoms with Crippen molar-refractivity contribution in [3.05, 3.63) is 90.0 Å². The minimum Gasteiger partial charge on any atom is -0.476 e. The van der Waals surface area contributed by atoms with E-state index in [4.69, 9.17) is 4.74 Å². The normalized spacial score (nSPS) is 15.4. The zero-order valence-electron chi connectivity index (χ0n) is 18.6. The van der Waals surface area contributed by atoms with Gasteiger partial charge in [0.1, 0.15) is 5.75 Å². The summed E-state index contributed by atoms with van der Waals surface area (Å²) < 4.78 is 33.8. The van der Waals surface area contributed by atoms with Gasteiger partial charge in [0.2, 0.25) is 10.0 Å². The Balaban J connectivity index is 1.52. The van der Waals surface area contributed by atoms with E-state index in [1.165, 1.54) is 9.87 Å². The van der Waals surface area contributed by atoms with E-state index in [2.05, 4.69) is 12.2 Å². The number of rotatable bonds is 8. The van der Waals surface area contributed by atoms with Crippen LogP contribution in [0, 0.1) is 0 Å². The zero-order valence-corrected chi connectivity index (χ0v) is 19.4. The van der Waals surface area contributed by atoms with Crippen LogP contribution in [0.15, 0.2) is 78.9 Å². The van der Waals surface area contributed by atoms with Gasteiger partial charge in [-0.3, -0.25) is 9.10 Å². The largest absolute Gasteiger partial charge is 0.476 e. The van der Waals surface area contributed by atoms with Crippen LogP contribution in [0.4, 0.5) is 11.4 Å². The maximum absolute atomic E-state index is 13.3. The number of anilines is 2. The Kier molecular flexibility index (Phi) is 6.99. The second-order valence-electron chi connectivity index (χ2n) is 8.14. The Morgan fingerprint density at radius 3 is 2.39 bits per heavy atom. The van der Waals surface area contributed by atoms with Crippen LogP contribution in [0.2, 0.25) is 0 Å². The molecule has 1 N–H and O–H groups in total. The number of fused-ring (bicyclic) bond motifs is 1. The van der Waals surface area contributed by atoms with Crippen LogP contribution >= 0.6 is 0 Å². The van der Waals surface area contributed by atoms with Crippen LogP contribution in [0.3, 0.4) is 0 Å². The summed E-state index contributed by atoms with van der Waals surface area (Å²) in [5.74, 6) is -0.170. The molecule has 0 saturated carbocycles. The second-order valence-corrected chi connectivity index (χ2v) is 10.0. The maximum Gasteiger partial charge on any atom is 0.267 e. The molecule has 0 unspecified atom stereocenters. The summed E-state index contributed by atoms with van der Waals surface area (Å²) in [5.41, 5.74) is 3.00. The topological polar surface area (TPSA) is 75.7 Å². The smallest absolute Gasteiger partial charge is 0.267 e. The number of carbonyl (C=O) groups excluding carboxylic acids is 1. The van der Waals surface area contributed by atoms with Gasteiger partial charge in [0, 0.05) is 5.69 Å². The van der Waals surface area contributed by atoms with Crippen LogP contribution < -0.4 is 14.4 Å². The number of para-hydroxylation sites is 2. The Morgan fingerprint density at radius 1 is 0.970 bits per heavy atom. The number of sulfonamides is 1. The molecule has 1 atom stereocenters. The number of nitrogens with one attached hydrogen (secondary N) is 1. The van der Waals surface area contributed by atoms with Crippen molar-refractivity contribution in [2.45, 2.75) is 38.0 Å². The zero-order chi connectivity index (χ0) is 23.3. The van der Waals surface area contributed by atoms with Gasteiger partial charge in [0.25, 0.3) is 5.91 Å². The first kappa shape index (κ1) is 22.9. The van der Waals surface area contributed by atoms with E-state index in [-0.39, 0.29) is 18.2 Å². The molecule has 172 valence electrons. The molecular formula is C26H28N2O4S. The van der Waals surface area contributed by atoms with Gasteiger partial charge in [-0.1, -0.05) is 67.9 Å². The second kappa shape index (κ2) is 10.1. The fraction of sp³-hybridized carbons (Fsp3) is 0.269. The van der Waals surface area contributed by atoms with Gasteiger partial charge in [-0.15, -0.1) is 0 Å². The molecule has 3 aromatic carbocycles. The van der Waals surface area contributed by atoms with Crippen molar-refractivity contribution in [3.63, 3.8) is 0 Å². The fourth-order valence-corrected chi connectivity index (χ4v) is 5.41. The molecule has 1 aliphatic heterocycles. The van der Waals surface area contributed by atoms with Gasteiger partial charge in [-0.2, -0.15) is 0 Å². The van der Waals surface area contributed by atoms with Crippen molar-refractivity contribution >= 4 is 27.3 Å². The third-order valence-corrected chi connectivity index (χ3v) is 7.31. The first-order valence-electron chi connectivity index (χ1n) is 11.2. The molecule has 33 heavy (non-hydrogen) atoms. The van der Waals surface area contributed by atoms with Crippen LogP contribution in [0.5, 0.6) is 5.75 Å². The Labute approximate surface area is 195 Å². The van der Waals surface area contributed by atoms with E-state index < -0.39 is 16.1 Å². The molecule has 0 radical (unpaired) electrons. The fourth-order valence-electron chi connectivity index (χ4n) is 3.82. The highest BCUT2D eigenvalue weighted by Gasteiger charge is 2.36. The molecule has 1 aliphatic rings. The van der Waals surface area contributed by atoms with Crippen molar-refractivity contribution in [1.29, 1.82) is 0 Å². The minimum atomic E-state index is -3.73. The van der Waals surface area contributed by atoms with Crippen molar-refractivity contribution in [2.75, 3.05) is 16.2 Å². The van der Waals surface area contributed by atoms with Crippen LogP contribution in [-0.2, 0) is 27.0 Å². The lowest BCUT2D eigenvalue weighted by atomic mass is 10.1. The summed E-state index contributed by atoms with van der Waals surface area (Å²) in [6.45, 7) is 2.06. The molecule has 1 amide bonds.